The number of hydrogen-bond acceptors (Lipinski definition) is 4. The van der Waals surface area contributed by atoms with Crippen LogP contribution in [0.15, 0.2) is 54.9 Å². The van der Waals surface area contributed by atoms with Gasteiger partial charge in [-0.25, -0.2) is 4.98 Å². The summed E-state index contributed by atoms with van der Waals surface area (Å²) in [5.41, 5.74) is 1.88. The Bertz CT molecular complexity index is 956. The molecule has 0 saturated carbocycles. The van der Waals surface area contributed by atoms with E-state index in [1.165, 1.54) is 0 Å². The van der Waals surface area contributed by atoms with Crippen LogP contribution >= 0.6 is 34.8 Å². The Labute approximate surface area is 166 Å². The van der Waals surface area contributed by atoms with Crippen LogP contribution in [0, 0.1) is 11.3 Å². The van der Waals surface area contributed by atoms with Gasteiger partial charge < -0.3 is 4.90 Å². The van der Waals surface area contributed by atoms with E-state index in [1.807, 2.05) is 60.4 Å². The molecule has 0 fully saturated rings. The van der Waals surface area contributed by atoms with E-state index in [0.717, 1.165) is 11.3 Å². The molecule has 1 atom stereocenters. The molecule has 0 bridgehead atoms. The Hall–Kier alpha value is -2.32. The van der Waals surface area contributed by atoms with Crippen molar-refractivity contribution in [1.29, 1.82) is 5.26 Å². The molecule has 0 amide bonds. The molecular weight excluding hydrogens is 391 g/mol. The predicted molar refractivity (Wildman–Crippen MR) is 105 cm³/mol. The van der Waals surface area contributed by atoms with Gasteiger partial charge in [0.1, 0.15) is 16.7 Å². The first-order valence-electron chi connectivity index (χ1n) is 7.73. The van der Waals surface area contributed by atoms with Gasteiger partial charge in [0.15, 0.2) is 11.0 Å². The Kier molecular flexibility index (Phi) is 5.63. The summed E-state index contributed by atoms with van der Waals surface area (Å²) in [7, 11) is 0. The van der Waals surface area contributed by atoms with Crippen molar-refractivity contribution in [3.05, 3.63) is 81.2 Å². The van der Waals surface area contributed by atoms with Crippen LogP contribution in [-0.4, -0.2) is 9.97 Å². The molecule has 0 aliphatic rings. The van der Waals surface area contributed by atoms with Crippen LogP contribution in [0.25, 0.3) is 0 Å². The summed E-state index contributed by atoms with van der Waals surface area (Å²) in [5, 5.41) is 9.49. The van der Waals surface area contributed by atoms with Crippen molar-refractivity contribution < 1.29 is 0 Å². The van der Waals surface area contributed by atoms with Crippen LogP contribution in [0.2, 0.25) is 15.2 Å². The third-order valence-electron chi connectivity index (χ3n) is 3.95. The highest BCUT2D eigenvalue weighted by atomic mass is 35.5. The first-order chi connectivity index (χ1) is 12.5. The molecule has 0 aliphatic carbocycles. The van der Waals surface area contributed by atoms with Gasteiger partial charge in [0.25, 0.3) is 0 Å². The number of benzene rings is 1. The number of anilines is 2. The molecule has 0 saturated heterocycles. The molecule has 3 aromatic rings. The second-order valence-electron chi connectivity index (χ2n) is 5.51. The topological polar surface area (TPSA) is 52.8 Å². The highest BCUT2D eigenvalue weighted by molar-refractivity contribution is 6.45. The smallest absolute Gasteiger partial charge is 0.155 e. The summed E-state index contributed by atoms with van der Waals surface area (Å²) in [4.78, 5) is 10.5. The number of para-hydroxylation sites is 1. The number of nitrogens with zero attached hydrogens (tertiary/aromatic N) is 4. The average Bonchev–Trinajstić information content (AvgIpc) is 2.68. The quantitative estimate of drug-likeness (QED) is 0.486. The third kappa shape index (κ3) is 3.47. The second-order valence-corrected chi connectivity index (χ2v) is 6.62. The molecule has 3 rings (SSSR count). The summed E-state index contributed by atoms with van der Waals surface area (Å²) in [6.45, 7) is 2.00. The maximum atomic E-state index is 9.22. The fourth-order valence-electron chi connectivity index (χ4n) is 2.64. The standard InChI is InChI=1S/C19H13Cl3N4/c1-12(13-6-5-9-24-11-13)26(14-7-3-2-4-8-14)19-17(21)16(20)15(10-23)18(22)25-19/h2-9,11-12H,1H3. The zero-order valence-corrected chi connectivity index (χ0v) is 16.0. The minimum Gasteiger partial charge on any atom is -0.318 e. The highest BCUT2D eigenvalue weighted by Crippen LogP contribution is 2.42. The van der Waals surface area contributed by atoms with Crippen LogP contribution in [0.5, 0.6) is 0 Å². The minimum absolute atomic E-state index is 0.0104. The lowest BCUT2D eigenvalue weighted by atomic mass is 10.1. The fourth-order valence-corrected chi connectivity index (χ4v) is 3.35. The molecule has 2 heterocycles. The molecule has 0 N–H and O–H groups in total. The molecule has 0 spiro atoms. The van der Waals surface area contributed by atoms with E-state index in [-0.39, 0.29) is 26.8 Å². The molecule has 26 heavy (non-hydrogen) atoms. The van der Waals surface area contributed by atoms with Gasteiger partial charge in [0.2, 0.25) is 0 Å². The van der Waals surface area contributed by atoms with E-state index in [9.17, 15) is 5.26 Å². The summed E-state index contributed by atoms with van der Waals surface area (Å²) >= 11 is 18.9. The van der Waals surface area contributed by atoms with Crippen molar-refractivity contribution in [1.82, 2.24) is 9.97 Å². The monoisotopic (exact) mass is 402 g/mol. The lowest BCUT2D eigenvalue weighted by Crippen LogP contribution is -2.23. The minimum atomic E-state index is -0.156. The number of nitriles is 1. The normalized spacial score (nSPS) is 11.7. The zero-order valence-electron chi connectivity index (χ0n) is 13.7. The average molecular weight is 404 g/mol. The van der Waals surface area contributed by atoms with Crippen LogP contribution in [-0.2, 0) is 0 Å². The van der Waals surface area contributed by atoms with E-state index < -0.39 is 0 Å². The maximum Gasteiger partial charge on any atom is 0.155 e. The van der Waals surface area contributed by atoms with Crippen LogP contribution in [0.3, 0.4) is 0 Å². The first kappa shape index (κ1) is 18.5. The van der Waals surface area contributed by atoms with E-state index in [1.54, 1.807) is 12.4 Å². The predicted octanol–water partition coefficient (Wildman–Crippen LogP) is 6.21. The van der Waals surface area contributed by atoms with Gasteiger partial charge >= 0.3 is 0 Å². The Morgan fingerprint density at radius 2 is 1.77 bits per heavy atom. The van der Waals surface area contributed by atoms with Crippen molar-refractivity contribution in [2.75, 3.05) is 4.90 Å². The molecule has 130 valence electrons. The van der Waals surface area contributed by atoms with E-state index in [0.29, 0.717) is 5.82 Å². The molecule has 0 aliphatic heterocycles. The van der Waals surface area contributed by atoms with Gasteiger partial charge in [-0.15, -0.1) is 0 Å². The summed E-state index contributed by atoms with van der Waals surface area (Å²) < 4.78 is 0. The van der Waals surface area contributed by atoms with Crippen molar-refractivity contribution >= 4 is 46.3 Å². The van der Waals surface area contributed by atoms with Gasteiger partial charge in [0.05, 0.1) is 11.1 Å². The van der Waals surface area contributed by atoms with Crippen LogP contribution < -0.4 is 4.90 Å². The molecule has 7 heteroatoms. The number of aromatic nitrogens is 2. The lowest BCUT2D eigenvalue weighted by Gasteiger charge is -2.31. The van der Waals surface area contributed by atoms with Crippen molar-refractivity contribution in [2.24, 2.45) is 0 Å². The van der Waals surface area contributed by atoms with Crippen molar-refractivity contribution in [3.63, 3.8) is 0 Å². The largest absolute Gasteiger partial charge is 0.318 e. The van der Waals surface area contributed by atoms with Crippen molar-refractivity contribution in [3.8, 4) is 6.07 Å². The molecular formula is C19H13Cl3N4. The number of halogens is 3. The fraction of sp³-hybridized carbons (Fsp3) is 0.105. The Balaban J connectivity index is 2.22. The van der Waals surface area contributed by atoms with E-state index in [2.05, 4.69) is 9.97 Å². The molecule has 0 radical (unpaired) electrons. The van der Waals surface area contributed by atoms with Crippen molar-refractivity contribution in [2.45, 2.75) is 13.0 Å². The first-order valence-corrected chi connectivity index (χ1v) is 8.86. The van der Waals surface area contributed by atoms with Gasteiger partial charge in [-0.3, -0.25) is 4.98 Å². The van der Waals surface area contributed by atoms with Crippen LogP contribution in [0.1, 0.15) is 24.1 Å². The SMILES string of the molecule is CC(c1cccnc1)N(c1ccccc1)c1nc(Cl)c(C#N)c(Cl)c1Cl. The molecule has 1 unspecified atom stereocenters. The Morgan fingerprint density at radius 3 is 2.38 bits per heavy atom. The number of rotatable bonds is 4. The zero-order chi connectivity index (χ0) is 18.7. The third-order valence-corrected chi connectivity index (χ3v) is 5.05. The van der Waals surface area contributed by atoms with Gasteiger partial charge in [-0.1, -0.05) is 59.1 Å². The number of hydrogen-bond donors (Lipinski definition) is 0. The van der Waals surface area contributed by atoms with Gasteiger partial charge in [-0.2, -0.15) is 5.26 Å². The summed E-state index contributed by atoms with van der Waals surface area (Å²) in [5.74, 6) is 0.378. The summed E-state index contributed by atoms with van der Waals surface area (Å²) in [6.07, 6.45) is 3.49. The highest BCUT2D eigenvalue weighted by Gasteiger charge is 2.26. The summed E-state index contributed by atoms with van der Waals surface area (Å²) in [6, 6.07) is 15.2. The number of pyridine rings is 2. The maximum absolute atomic E-state index is 9.22. The molecule has 1 aromatic carbocycles. The lowest BCUT2D eigenvalue weighted by molar-refractivity contribution is 0.758. The van der Waals surface area contributed by atoms with E-state index in [4.69, 9.17) is 34.8 Å². The van der Waals surface area contributed by atoms with Crippen LogP contribution in [0.4, 0.5) is 11.5 Å². The van der Waals surface area contributed by atoms with E-state index >= 15 is 0 Å². The van der Waals surface area contributed by atoms with Gasteiger partial charge in [-0.05, 0) is 30.7 Å². The van der Waals surface area contributed by atoms with Gasteiger partial charge in [0, 0.05) is 18.1 Å². The Morgan fingerprint density at radius 1 is 1.04 bits per heavy atom. The molecule has 2 aromatic heterocycles. The second kappa shape index (κ2) is 7.92. The molecule has 4 nitrogen and oxygen atoms in total.